The van der Waals surface area contributed by atoms with E-state index in [4.69, 9.17) is 16.2 Å². The van der Waals surface area contributed by atoms with E-state index in [2.05, 4.69) is 20.7 Å². The van der Waals surface area contributed by atoms with Crippen LogP contribution in [-0.4, -0.2) is 46.5 Å². The number of methoxy groups -OCH3 is 1. The number of carbonyl (C=O) groups excluding carboxylic acids is 1. The third-order valence-corrected chi connectivity index (χ3v) is 6.33. The molecule has 1 aliphatic rings. The molecule has 182 valence electrons. The molecule has 3 aromatic rings. The molecule has 10 heteroatoms. The monoisotopic (exact) mass is 469 g/mol. The lowest BCUT2D eigenvalue weighted by Gasteiger charge is -2.30. The summed E-state index contributed by atoms with van der Waals surface area (Å²) in [6.07, 6.45) is 5.42. The Balaban J connectivity index is 1.65. The van der Waals surface area contributed by atoms with Crippen LogP contribution in [0.2, 0.25) is 0 Å². The predicted octanol–water partition coefficient (Wildman–Crippen LogP) is 3.21. The average Bonchev–Trinajstić information content (AvgIpc) is 3.12. The molecule has 0 unspecified atom stereocenters. The molecule has 1 amide bonds. The summed E-state index contributed by atoms with van der Waals surface area (Å²) in [5.74, 6) is -1.17. The summed E-state index contributed by atoms with van der Waals surface area (Å²) >= 11 is 0. The van der Waals surface area contributed by atoms with Crippen molar-refractivity contribution >= 4 is 34.1 Å². The number of hydrogen-bond donors (Lipinski definition) is 4. The summed E-state index contributed by atoms with van der Waals surface area (Å²) in [6, 6.07) is 6.72. The number of nitrogens with one attached hydrogen (secondary N) is 2. The number of ether oxygens (including phenoxy) is 1. The first-order valence-electron chi connectivity index (χ1n) is 11.6. The topological polar surface area (TPSA) is 133 Å². The highest BCUT2D eigenvalue weighted by molar-refractivity contribution is 5.99. The van der Waals surface area contributed by atoms with Crippen LogP contribution < -0.4 is 22.1 Å². The summed E-state index contributed by atoms with van der Waals surface area (Å²) in [5, 5.41) is 11.9. The zero-order valence-electron chi connectivity index (χ0n) is 19.6. The number of pyridine rings is 1. The lowest BCUT2D eigenvalue weighted by atomic mass is 9.91. The molecular weight excluding hydrogens is 437 g/mol. The molecule has 2 atom stereocenters. The largest absolute Gasteiger partial charge is 0.385 e. The molecule has 4 rings (SSSR count). The molecule has 1 aromatic carbocycles. The molecule has 9 nitrogen and oxygen atoms in total. The average molecular weight is 470 g/mol. The van der Waals surface area contributed by atoms with Gasteiger partial charge in [-0.3, -0.25) is 9.48 Å². The molecule has 1 aliphatic carbocycles. The number of carbonyl (C=O) groups is 1. The van der Waals surface area contributed by atoms with Crippen LogP contribution in [0.15, 0.2) is 24.3 Å². The van der Waals surface area contributed by atoms with Gasteiger partial charge < -0.3 is 26.8 Å². The summed E-state index contributed by atoms with van der Waals surface area (Å²) in [6.45, 7) is 0.651. The van der Waals surface area contributed by atoms with Gasteiger partial charge in [-0.25, -0.2) is 9.37 Å². The Morgan fingerprint density at radius 3 is 2.79 bits per heavy atom. The van der Waals surface area contributed by atoms with E-state index in [0.29, 0.717) is 12.3 Å². The van der Waals surface area contributed by atoms with Crippen molar-refractivity contribution in [3.05, 3.63) is 41.3 Å². The summed E-state index contributed by atoms with van der Waals surface area (Å²) in [5.41, 5.74) is 14.3. The van der Waals surface area contributed by atoms with Gasteiger partial charge in [0.2, 0.25) is 0 Å². The fourth-order valence-corrected chi connectivity index (χ4v) is 4.51. The number of hydrogen-bond acceptors (Lipinski definition) is 7. The van der Waals surface area contributed by atoms with Gasteiger partial charge in [0.25, 0.3) is 5.91 Å². The van der Waals surface area contributed by atoms with Crippen molar-refractivity contribution in [3.8, 4) is 0 Å². The maximum atomic E-state index is 14.8. The fraction of sp³-hybridized carbons (Fsp3) is 0.458. The van der Waals surface area contributed by atoms with Gasteiger partial charge in [-0.1, -0.05) is 12.8 Å². The highest BCUT2D eigenvalue weighted by atomic mass is 19.1. The number of aryl methyl sites for hydroxylation is 2. The first kappa shape index (κ1) is 23.9. The molecule has 6 N–H and O–H groups in total. The summed E-state index contributed by atoms with van der Waals surface area (Å²) in [4.78, 5) is 16.4. The molecule has 2 aromatic heterocycles. The van der Waals surface area contributed by atoms with Gasteiger partial charge in [0.15, 0.2) is 11.6 Å². The molecule has 0 radical (unpaired) electrons. The minimum absolute atomic E-state index is 0.0254. The molecule has 2 heterocycles. The fourth-order valence-electron chi connectivity index (χ4n) is 4.51. The SMILES string of the molecule is COCCCc1nn(C)c2ccc(Nc3nc(N[C@@H]4CCCC[C@@H]4N)c(F)cc3C(N)=O)cc12. The second-order valence-electron chi connectivity index (χ2n) is 8.80. The molecule has 0 saturated heterocycles. The van der Waals surface area contributed by atoms with Gasteiger partial charge in [-0.05, 0) is 49.9 Å². The minimum Gasteiger partial charge on any atom is -0.385 e. The second-order valence-corrected chi connectivity index (χ2v) is 8.80. The third kappa shape index (κ3) is 5.13. The molecular formula is C24H32FN7O2. The zero-order valence-corrected chi connectivity index (χ0v) is 19.6. The van der Waals surface area contributed by atoms with E-state index in [1.807, 2.05) is 29.9 Å². The predicted molar refractivity (Wildman–Crippen MR) is 131 cm³/mol. The lowest BCUT2D eigenvalue weighted by molar-refractivity contribution is 0.100. The number of nitrogens with two attached hydrogens (primary N) is 2. The van der Waals surface area contributed by atoms with Crippen LogP contribution >= 0.6 is 0 Å². The van der Waals surface area contributed by atoms with Crippen LogP contribution in [0.25, 0.3) is 10.9 Å². The first-order chi connectivity index (χ1) is 16.4. The number of halogens is 1. The molecule has 0 aliphatic heterocycles. The van der Waals surface area contributed by atoms with Crippen LogP contribution in [0.1, 0.15) is 48.2 Å². The quantitative estimate of drug-likeness (QED) is 0.354. The molecule has 0 bridgehead atoms. The number of rotatable bonds is 9. The van der Waals surface area contributed by atoms with Crippen molar-refractivity contribution in [2.75, 3.05) is 24.4 Å². The molecule has 1 fully saturated rings. The van der Waals surface area contributed by atoms with Crippen molar-refractivity contribution < 1.29 is 13.9 Å². The summed E-state index contributed by atoms with van der Waals surface area (Å²) in [7, 11) is 3.57. The first-order valence-corrected chi connectivity index (χ1v) is 11.6. The van der Waals surface area contributed by atoms with Gasteiger partial charge in [-0.2, -0.15) is 5.10 Å². The zero-order chi connectivity index (χ0) is 24.2. The van der Waals surface area contributed by atoms with Crippen molar-refractivity contribution in [1.82, 2.24) is 14.8 Å². The van der Waals surface area contributed by atoms with E-state index >= 15 is 0 Å². The Bertz CT molecular complexity index is 1180. The van der Waals surface area contributed by atoms with Crippen LogP contribution in [0.4, 0.5) is 21.7 Å². The number of nitrogens with zero attached hydrogens (tertiary/aromatic N) is 3. The van der Waals surface area contributed by atoms with Gasteiger partial charge in [-0.15, -0.1) is 0 Å². The van der Waals surface area contributed by atoms with E-state index in [0.717, 1.165) is 61.2 Å². The van der Waals surface area contributed by atoms with Crippen LogP contribution in [-0.2, 0) is 18.2 Å². The number of benzene rings is 1. The van der Waals surface area contributed by atoms with Crippen LogP contribution in [0.5, 0.6) is 0 Å². The van der Waals surface area contributed by atoms with E-state index in [9.17, 15) is 9.18 Å². The highest BCUT2D eigenvalue weighted by Crippen LogP contribution is 2.29. The Morgan fingerprint density at radius 1 is 1.26 bits per heavy atom. The Labute approximate surface area is 198 Å². The number of aromatic nitrogens is 3. The number of anilines is 3. The smallest absolute Gasteiger partial charge is 0.252 e. The minimum atomic E-state index is -0.766. The standard InChI is InChI=1S/C24H32FN7O2/c1-32-21-10-9-14(12-15(21)19(31-32)8-5-11-34-2)28-23-16(22(27)33)13-17(25)24(30-23)29-20-7-4-3-6-18(20)26/h9-10,12-13,18,20H,3-8,11,26H2,1-2H3,(H2,27,33)(H2,28,29,30)/t18-,20+/m0/s1. The Kier molecular flexibility index (Phi) is 7.28. The second kappa shape index (κ2) is 10.4. The van der Waals surface area contributed by atoms with Crippen molar-refractivity contribution in [2.24, 2.45) is 18.5 Å². The van der Waals surface area contributed by atoms with E-state index in [1.54, 1.807) is 7.11 Å². The third-order valence-electron chi connectivity index (χ3n) is 6.33. The maximum absolute atomic E-state index is 14.8. The summed E-state index contributed by atoms with van der Waals surface area (Å²) < 4.78 is 21.8. The lowest BCUT2D eigenvalue weighted by Crippen LogP contribution is -2.43. The molecule has 0 spiro atoms. The van der Waals surface area contributed by atoms with Crippen molar-refractivity contribution in [2.45, 2.75) is 50.6 Å². The maximum Gasteiger partial charge on any atom is 0.252 e. The number of primary amides is 1. The van der Waals surface area contributed by atoms with Crippen molar-refractivity contribution in [3.63, 3.8) is 0 Å². The normalized spacial score (nSPS) is 18.2. The molecule has 34 heavy (non-hydrogen) atoms. The van der Waals surface area contributed by atoms with Crippen LogP contribution in [0, 0.1) is 5.82 Å². The number of amides is 1. The van der Waals surface area contributed by atoms with Gasteiger partial charge in [0.05, 0.1) is 16.8 Å². The van der Waals surface area contributed by atoms with E-state index < -0.39 is 11.7 Å². The highest BCUT2D eigenvalue weighted by Gasteiger charge is 2.24. The number of fused-ring (bicyclic) bond motifs is 1. The van der Waals surface area contributed by atoms with Crippen molar-refractivity contribution in [1.29, 1.82) is 0 Å². The van der Waals surface area contributed by atoms with Crippen LogP contribution in [0.3, 0.4) is 0 Å². The van der Waals surface area contributed by atoms with Gasteiger partial charge >= 0.3 is 0 Å². The van der Waals surface area contributed by atoms with Gasteiger partial charge in [0.1, 0.15) is 5.82 Å². The van der Waals surface area contributed by atoms with Gasteiger partial charge in [0, 0.05) is 43.9 Å². The van der Waals surface area contributed by atoms with E-state index in [-0.39, 0.29) is 29.3 Å². The Hall–Kier alpha value is -3.24. The Morgan fingerprint density at radius 2 is 2.06 bits per heavy atom. The molecule has 1 saturated carbocycles. The van der Waals surface area contributed by atoms with E-state index in [1.165, 1.54) is 0 Å².